The summed E-state index contributed by atoms with van der Waals surface area (Å²) < 4.78 is 52.2. The molecule has 2 unspecified atom stereocenters. The molecule has 0 heterocycles. The Morgan fingerprint density at radius 1 is 1.10 bits per heavy atom. The lowest BCUT2D eigenvalue weighted by Gasteiger charge is -2.14. The van der Waals surface area contributed by atoms with Crippen LogP contribution in [0.5, 0.6) is 0 Å². The number of rotatable bonds is 10. The van der Waals surface area contributed by atoms with Gasteiger partial charge < -0.3 is 0 Å². The average molecular weight is 424 g/mol. The van der Waals surface area contributed by atoms with E-state index in [9.17, 15) is 13.2 Å². The Labute approximate surface area is 178 Å². The number of halogens is 4. The Balaban J connectivity index is 2.33. The fourth-order valence-corrected chi connectivity index (χ4v) is 4.01. The molecule has 0 aromatic heterocycles. The van der Waals surface area contributed by atoms with Crippen molar-refractivity contribution in [2.45, 2.75) is 90.4 Å². The van der Waals surface area contributed by atoms with Crippen LogP contribution < -0.4 is 0 Å². The molecule has 0 saturated heterocycles. The van der Waals surface area contributed by atoms with E-state index in [0.29, 0.717) is 5.57 Å². The van der Waals surface area contributed by atoms with Crippen LogP contribution in [0.4, 0.5) is 23.2 Å². The predicted molar refractivity (Wildman–Crippen MR) is 118 cm³/mol. The summed E-state index contributed by atoms with van der Waals surface area (Å²) in [5.74, 6) is -0.466. The molecule has 1 aromatic carbocycles. The van der Waals surface area contributed by atoms with Gasteiger partial charge >= 0.3 is 6.18 Å². The van der Waals surface area contributed by atoms with Crippen molar-refractivity contribution in [1.29, 1.82) is 0 Å². The zero-order valence-corrected chi connectivity index (χ0v) is 18.5. The first-order valence-electron chi connectivity index (χ1n) is 10.9. The number of hydrogen-bond donors (Lipinski definition) is 0. The molecule has 2 atom stereocenters. The van der Waals surface area contributed by atoms with Gasteiger partial charge in [0.2, 0.25) is 0 Å². The van der Waals surface area contributed by atoms with E-state index >= 15 is 4.39 Å². The number of aryl methyl sites for hydroxylation is 2. The number of aliphatic imine (C=N–C) groups is 1. The molecule has 0 bridgehead atoms. The van der Waals surface area contributed by atoms with Gasteiger partial charge in [-0.1, -0.05) is 57.4 Å². The Kier molecular flexibility index (Phi) is 8.45. The van der Waals surface area contributed by atoms with Crippen LogP contribution in [0.25, 0.3) is 0 Å². The standard InChI is InChI=1S/C25H33F4N/c1-5-8-9-10-13-19-16-20(22(30-7-3)17-18(19)6-2)23-21(24(23,4)26)14-11-12-15-25(27,28)29/h7,11-12,14,16-17,23H,5-6,8-10,13,15H2,1-4H3/b12-11-,21-14-,30-7?. The Morgan fingerprint density at radius 2 is 1.83 bits per heavy atom. The van der Waals surface area contributed by atoms with Gasteiger partial charge in [-0.15, -0.1) is 0 Å². The van der Waals surface area contributed by atoms with Crippen molar-refractivity contribution in [3.8, 4) is 0 Å². The second-order valence-electron chi connectivity index (χ2n) is 8.11. The largest absolute Gasteiger partial charge is 0.392 e. The number of nitrogens with zero attached hydrogens (tertiary/aromatic N) is 1. The fourth-order valence-electron chi connectivity index (χ4n) is 4.01. The van der Waals surface area contributed by atoms with Crippen LogP contribution in [-0.4, -0.2) is 18.1 Å². The summed E-state index contributed by atoms with van der Waals surface area (Å²) in [5.41, 5.74) is 2.99. The molecule has 1 saturated carbocycles. The molecule has 166 valence electrons. The molecule has 0 radical (unpaired) electrons. The molecule has 30 heavy (non-hydrogen) atoms. The van der Waals surface area contributed by atoms with Gasteiger partial charge in [-0.3, -0.25) is 4.99 Å². The van der Waals surface area contributed by atoms with Gasteiger partial charge in [0.25, 0.3) is 0 Å². The fraction of sp³-hybridized carbons (Fsp3) is 0.560. The second-order valence-corrected chi connectivity index (χ2v) is 8.11. The summed E-state index contributed by atoms with van der Waals surface area (Å²) in [6, 6.07) is 4.13. The maximum Gasteiger partial charge on any atom is 0.392 e. The number of benzene rings is 1. The highest BCUT2D eigenvalue weighted by Crippen LogP contribution is 2.61. The van der Waals surface area contributed by atoms with Crippen LogP contribution >= 0.6 is 0 Å². The SMILES string of the molecule is CC=Nc1cc(CC)c(CCCCCC)cc1C1/C(=C/C=C\CC(F)(F)F)C1(C)F. The van der Waals surface area contributed by atoms with Crippen LogP contribution in [0.15, 0.2) is 40.9 Å². The van der Waals surface area contributed by atoms with E-state index in [4.69, 9.17) is 0 Å². The zero-order chi connectivity index (χ0) is 22.4. The molecular formula is C25H33F4N. The minimum Gasteiger partial charge on any atom is -0.261 e. The lowest BCUT2D eigenvalue weighted by atomic mass is 9.93. The number of hydrogen-bond acceptors (Lipinski definition) is 1. The van der Waals surface area contributed by atoms with Crippen LogP contribution in [0.2, 0.25) is 0 Å². The van der Waals surface area contributed by atoms with Crippen molar-refractivity contribution in [2.75, 3.05) is 0 Å². The Bertz CT molecular complexity index is 800. The van der Waals surface area contributed by atoms with Gasteiger partial charge in [-0.05, 0) is 61.4 Å². The van der Waals surface area contributed by atoms with Gasteiger partial charge in [-0.2, -0.15) is 13.2 Å². The highest BCUT2D eigenvalue weighted by atomic mass is 19.4. The first kappa shape index (κ1) is 24.4. The maximum absolute atomic E-state index is 15.2. The molecule has 0 amide bonds. The smallest absolute Gasteiger partial charge is 0.261 e. The van der Waals surface area contributed by atoms with Crippen molar-refractivity contribution in [2.24, 2.45) is 4.99 Å². The third-order valence-corrected chi connectivity index (χ3v) is 5.70. The molecule has 1 aliphatic rings. The first-order chi connectivity index (χ1) is 14.2. The second kappa shape index (κ2) is 10.4. The summed E-state index contributed by atoms with van der Waals surface area (Å²) in [7, 11) is 0. The quantitative estimate of drug-likeness (QED) is 0.204. The first-order valence-corrected chi connectivity index (χ1v) is 10.9. The normalized spacial score (nSPS) is 23.2. The van der Waals surface area contributed by atoms with Crippen LogP contribution in [0.1, 0.15) is 82.4 Å². The monoisotopic (exact) mass is 423 g/mol. The lowest BCUT2D eigenvalue weighted by molar-refractivity contribution is -0.125. The molecular weight excluding hydrogens is 390 g/mol. The van der Waals surface area contributed by atoms with Gasteiger partial charge in [0.05, 0.1) is 12.1 Å². The minimum atomic E-state index is -4.25. The summed E-state index contributed by atoms with van der Waals surface area (Å²) >= 11 is 0. The molecule has 1 aromatic rings. The maximum atomic E-state index is 15.2. The van der Waals surface area contributed by atoms with Crippen molar-refractivity contribution < 1.29 is 17.6 Å². The van der Waals surface area contributed by atoms with Gasteiger partial charge in [-0.25, -0.2) is 4.39 Å². The summed E-state index contributed by atoms with van der Waals surface area (Å²) in [4.78, 5) is 4.47. The summed E-state index contributed by atoms with van der Waals surface area (Å²) in [6.07, 6.45) is 6.75. The van der Waals surface area contributed by atoms with Crippen LogP contribution in [-0.2, 0) is 12.8 Å². The summed E-state index contributed by atoms with van der Waals surface area (Å²) in [5, 5.41) is 0. The van der Waals surface area contributed by atoms with Crippen molar-refractivity contribution in [3.63, 3.8) is 0 Å². The van der Waals surface area contributed by atoms with Crippen LogP contribution in [0.3, 0.4) is 0 Å². The highest BCUT2D eigenvalue weighted by Gasteiger charge is 2.58. The van der Waals surface area contributed by atoms with Crippen molar-refractivity contribution in [1.82, 2.24) is 0 Å². The predicted octanol–water partition coefficient (Wildman–Crippen LogP) is 8.35. The van der Waals surface area contributed by atoms with Gasteiger partial charge in [0.1, 0.15) is 5.67 Å². The topological polar surface area (TPSA) is 12.4 Å². The zero-order valence-electron chi connectivity index (χ0n) is 18.5. The third-order valence-electron chi connectivity index (χ3n) is 5.70. The molecule has 1 nitrogen and oxygen atoms in total. The van der Waals surface area contributed by atoms with Crippen LogP contribution in [0, 0.1) is 0 Å². The molecule has 0 N–H and O–H groups in total. The molecule has 0 spiro atoms. The number of allylic oxidation sites excluding steroid dienone is 4. The average Bonchev–Trinajstić information content (AvgIpc) is 3.22. The third kappa shape index (κ3) is 6.29. The van der Waals surface area contributed by atoms with E-state index in [-0.39, 0.29) is 0 Å². The summed E-state index contributed by atoms with van der Waals surface area (Å²) in [6.45, 7) is 7.61. The van der Waals surface area contributed by atoms with Gasteiger partial charge in [0, 0.05) is 12.1 Å². The van der Waals surface area contributed by atoms with E-state index in [2.05, 4.69) is 31.0 Å². The van der Waals surface area contributed by atoms with E-state index in [0.717, 1.165) is 36.6 Å². The molecule has 0 aliphatic heterocycles. The molecule has 2 rings (SSSR count). The van der Waals surface area contributed by atoms with Crippen molar-refractivity contribution >= 4 is 11.9 Å². The minimum absolute atomic E-state index is 0.466. The highest BCUT2D eigenvalue weighted by molar-refractivity contribution is 5.69. The van der Waals surface area contributed by atoms with E-state index in [1.165, 1.54) is 49.5 Å². The lowest BCUT2D eigenvalue weighted by Crippen LogP contribution is -2.03. The Morgan fingerprint density at radius 3 is 2.43 bits per heavy atom. The number of alkyl halides is 4. The van der Waals surface area contributed by atoms with E-state index < -0.39 is 24.2 Å². The Hall–Kier alpha value is -1.91. The van der Waals surface area contributed by atoms with Crippen molar-refractivity contribution in [3.05, 3.63) is 52.6 Å². The molecule has 1 fully saturated rings. The number of unbranched alkanes of at least 4 members (excludes halogenated alkanes) is 3. The molecule has 1 aliphatic carbocycles. The molecule has 5 heteroatoms. The van der Waals surface area contributed by atoms with E-state index in [1.54, 1.807) is 6.21 Å². The van der Waals surface area contributed by atoms with E-state index in [1.807, 2.05) is 6.92 Å². The van der Waals surface area contributed by atoms with Gasteiger partial charge in [0.15, 0.2) is 0 Å².